The second-order valence-electron chi connectivity index (χ2n) is 7.71. The molecule has 0 spiro atoms. The third-order valence-corrected chi connectivity index (χ3v) is 5.97. The Balaban J connectivity index is 0.00000306. The van der Waals surface area contributed by atoms with Crippen molar-refractivity contribution in [1.29, 1.82) is 5.26 Å². The molecule has 0 aromatic heterocycles. The Morgan fingerprint density at radius 1 is 1.24 bits per heavy atom. The maximum absolute atomic E-state index is 14.0. The van der Waals surface area contributed by atoms with Gasteiger partial charge in [0.15, 0.2) is 5.11 Å². The number of para-hydroxylation sites is 1. The molecular formula is C24H27ClFN5OS. The molecule has 1 atom stereocenters. The van der Waals surface area contributed by atoms with E-state index < -0.39 is 0 Å². The zero-order valence-electron chi connectivity index (χ0n) is 18.4. The number of hydrogen-bond acceptors (Lipinski definition) is 5. The van der Waals surface area contributed by atoms with E-state index in [1.807, 2.05) is 31.4 Å². The van der Waals surface area contributed by atoms with Crippen LogP contribution in [-0.2, 0) is 4.74 Å². The lowest BCUT2D eigenvalue weighted by atomic mass is 9.95. The molecule has 174 valence electrons. The summed E-state index contributed by atoms with van der Waals surface area (Å²) in [6, 6.07) is 8.83. The van der Waals surface area contributed by atoms with Crippen molar-refractivity contribution in [1.82, 2.24) is 14.9 Å². The molecule has 2 aliphatic heterocycles. The lowest BCUT2D eigenvalue weighted by Gasteiger charge is -2.41. The van der Waals surface area contributed by atoms with Gasteiger partial charge in [-0.05, 0) is 61.5 Å². The van der Waals surface area contributed by atoms with E-state index in [9.17, 15) is 9.65 Å². The van der Waals surface area contributed by atoms with Crippen molar-refractivity contribution in [2.24, 2.45) is 0 Å². The number of nitrogens with zero attached hydrogens (tertiary/aromatic N) is 4. The van der Waals surface area contributed by atoms with Gasteiger partial charge in [-0.25, -0.2) is 9.40 Å². The van der Waals surface area contributed by atoms with E-state index in [1.165, 1.54) is 6.07 Å². The SMILES string of the molecule is CCOC1=CC2=CC(C#N)=CN(N3CCCN(C(=S)Nc4ccccc4F)CC3)C2C=C1.Cl. The minimum Gasteiger partial charge on any atom is -0.494 e. The van der Waals surface area contributed by atoms with Gasteiger partial charge in [-0.1, -0.05) is 18.2 Å². The van der Waals surface area contributed by atoms with Crippen LogP contribution in [0, 0.1) is 17.1 Å². The minimum absolute atomic E-state index is 0. The lowest BCUT2D eigenvalue weighted by Crippen LogP contribution is -2.49. The van der Waals surface area contributed by atoms with Crippen molar-refractivity contribution in [2.45, 2.75) is 19.4 Å². The molecule has 1 aromatic rings. The maximum Gasteiger partial charge on any atom is 0.173 e. The second-order valence-corrected chi connectivity index (χ2v) is 8.10. The van der Waals surface area contributed by atoms with Crippen molar-refractivity contribution in [3.8, 4) is 6.07 Å². The number of allylic oxidation sites excluding steroid dienone is 3. The first kappa shape index (κ1) is 24.8. The Hall–Kier alpha value is -2.86. The predicted octanol–water partition coefficient (Wildman–Crippen LogP) is 4.38. The lowest BCUT2D eigenvalue weighted by molar-refractivity contribution is 0.0124. The van der Waals surface area contributed by atoms with Crippen molar-refractivity contribution in [3.05, 3.63) is 77.5 Å². The highest BCUT2D eigenvalue weighted by Gasteiger charge is 2.30. The van der Waals surface area contributed by atoms with Crippen molar-refractivity contribution >= 4 is 35.4 Å². The van der Waals surface area contributed by atoms with Crippen molar-refractivity contribution in [3.63, 3.8) is 0 Å². The van der Waals surface area contributed by atoms with Crippen LogP contribution in [0.5, 0.6) is 0 Å². The molecule has 0 radical (unpaired) electrons. The van der Waals surface area contributed by atoms with Crippen LogP contribution in [0.3, 0.4) is 0 Å². The molecule has 1 aromatic carbocycles. The van der Waals surface area contributed by atoms with E-state index in [-0.39, 0.29) is 24.3 Å². The number of hydrazine groups is 1. The summed E-state index contributed by atoms with van der Waals surface area (Å²) in [5, 5.41) is 17.5. The molecular weight excluding hydrogens is 461 g/mol. The van der Waals surface area contributed by atoms with E-state index in [1.54, 1.807) is 18.2 Å². The molecule has 0 bridgehead atoms. The summed E-state index contributed by atoms with van der Waals surface area (Å²) in [5.74, 6) is 0.484. The van der Waals surface area contributed by atoms with Crippen LogP contribution in [0.1, 0.15) is 13.3 Å². The second kappa shape index (κ2) is 11.3. The molecule has 9 heteroatoms. The molecule has 1 saturated heterocycles. The number of fused-ring (bicyclic) bond motifs is 1. The quantitative estimate of drug-likeness (QED) is 0.632. The van der Waals surface area contributed by atoms with Crippen LogP contribution in [0.15, 0.2) is 71.7 Å². The fourth-order valence-corrected chi connectivity index (χ4v) is 4.36. The molecule has 1 aliphatic carbocycles. The molecule has 6 nitrogen and oxygen atoms in total. The summed E-state index contributed by atoms with van der Waals surface area (Å²) in [6.07, 6.45) is 10.8. The molecule has 2 heterocycles. The van der Waals surface area contributed by atoms with E-state index in [0.29, 0.717) is 29.5 Å². The average molecular weight is 488 g/mol. The van der Waals surface area contributed by atoms with Crippen molar-refractivity contribution < 1.29 is 9.13 Å². The van der Waals surface area contributed by atoms with Crippen LogP contribution >= 0.6 is 24.6 Å². The number of anilines is 1. The molecule has 0 saturated carbocycles. The standard InChI is InChI=1S/C24H26FN5OS.ClH/c1-2-31-20-8-9-23-19(15-20)14-18(16-26)17-30(23)29-11-5-10-28(12-13-29)24(32)27-22-7-4-3-6-21(22)25;/h3-4,6-9,14-15,17,23H,2,5,10-13H2,1H3,(H,27,32);1H. The predicted molar refractivity (Wildman–Crippen MR) is 134 cm³/mol. The smallest absolute Gasteiger partial charge is 0.173 e. The van der Waals surface area contributed by atoms with Gasteiger partial charge in [-0.15, -0.1) is 12.4 Å². The molecule has 1 unspecified atom stereocenters. The first-order chi connectivity index (χ1) is 15.6. The number of nitriles is 1. The van der Waals surface area contributed by atoms with Gasteiger partial charge in [0.05, 0.1) is 23.9 Å². The van der Waals surface area contributed by atoms with Gasteiger partial charge < -0.3 is 20.0 Å². The Morgan fingerprint density at radius 2 is 2.06 bits per heavy atom. The monoisotopic (exact) mass is 487 g/mol. The molecule has 4 rings (SSSR count). The number of thiocarbonyl (C=S) groups is 1. The number of hydrogen-bond donors (Lipinski definition) is 1. The van der Waals surface area contributed by atoms with Crippen LogP contribution in [0.25, 0.3) is 0 Å². The third kappa shape index (κ3) is 5.74. The highest BCUT2D eigenvalue weighted by atomic mass is 35.5. The molecule has 1 N–H and O–H groups in total. The van der Waals surface area contributed by atoms with E-state index >= 15 is 0 Å². The molecule has 1 fully saturated rings. The van der Waals surface area contributed by atoms with Gasteiger partial charge in [0.1, 0.15) is 17.6 Å². The maximum atomic E-state index is 14.0. The normalized spacial score (nSPS) is 20.3. The fourth-order valence-electron chi connectivity index (χ4n) is 4.07. The topological polar surface area (TPSA) is 54.8 Å². The summed E-state index contributed by atoms with van der Waals surface area (Å²) in [7, 11) is 0. The number of benzene rings is 1. The van der Waals surface area contributed by atoms with Gasteiger partial charge in [0.25, 0.3) is 0 Å². The van der Waals surface area contributed by atoms with Crippen LogP contribution in [-0.4, -0.2) is 58.9 Å². The van der Waals surface area contributed by atoms with Crippen LogP contribution < -0.4 is 5.32 Å². The van der Waals surface area contributed by atoms with Crippen LogP contribution in [0.2, 0.25) is 0 Å². The zero-order valence-corrected chi connectivity index (χ0v) is 20.0. The molecule has 0 amide bonds. The molecule has 3 aliphatic rings. The fraction of sp³-hybridized carbons (Fsp3) is 0.333. The molecule has 33 heavy (non-hydrogen) atoms. The summed E-state index contributed by atoms with van der Waals surface area (Å²) >= 11 is 5.56. The van der Waals surface area contributed by atoms with Gasteiger partial charge >= 0.3 is 0 Å². The van der Waals surface area contributed by atoms with Crippen LogP contribution in [0.4, 0.5) is 10.1 Å². The zero-order chi connectivity index (χ0) is 22.5. The summed E-state index contributed by atoms with van der Waals surface area (Å²) in [6.45, 7) is 5.58. The van der Waals surface area contributed by atoms with Gasteiger partial charge in [0.2, 0.25) is 0 Å². The van der Waals surface area contributed by atoms with E-state index in [4.69, 9.17) is 17.0 Å². The highest BCUT2D eigenvalue weighted by Crippen LogP contribution is 2.29. The Morgan fingerprint density at radius 3 is 2.82 bits per heavy atom. The van der Waals surface area contributed by atoms with Gasteiger partial charge in [-0.3, -0.25) is 0 Å². The third-order valence-electron chi connectivity index (χ3n) is 5.61. The Labute approximate surface area is 205 Å². The van der Waals surface area contributed by atoms with Gasteiger partial charge in [0, 0.05) is 32.4 Å². The van der Waals surface area contributed by atoms with Gasteiger partial charge in [-0.2, -0.15) is 5.26 Å². The summed E-state index contributed by atoms with van der Waals surface area (Å²) < 4.78 is 19.6. The Bertz CT molecular complexity index is 1050. The largest absolute Gasteiger partial charge is 0.494 e. The highest BCUT2D eigenvalue weighted by molar-refractivity contribution is 7.80. The average Bonchev–Trinajstić information content (AvgIpc) is 3.06. The summed E-state index contributed by atoms with van der Waals surface area (Å²) in [4.78, 5) is 2.07. The minimum atomic E-state index is -0.323. The number of rotatable bonds is 4. The van der Waals surface area contributed by atoms with E-state index in [0.717, 1.165) is 37.4 Å². The summed E-state index contributed by atoms with van der Waals surface area (Å²) in [5.41, 5.74) is 2.03. The van der Waals surface area contributed by atoms with Crippen molar-refractivity contribution in [2.75, 3.05) is 38.1 Å². The first-order valence-corrected chi connectivity index (χ1v) is 11.2. The first-order valence-electron chi connectivity index (χ1n) is 10.8. The Kier molecular flexibility index (Phi) is 8.50. The number of halogens is 2. The number of ether oxygens (including phenoxy) is 1. The van der Waals surface area contributed by atoms with E-state index in [2.05, 4.69) is 32.4 Å². The number of nitrogens with one attached hydrogen (secondary N) is 1.